The molecule has 0 bridgehead atoms. The maximum absolute atomic E-state index is 11.0. The number of benzene rings is 1. The van der Waals surface area contributed by atoms with E-state index in [0.717, 1.165) is 0 Å². The highest BCUT2D eigenvalue weighted by Crippen LogP contribution is 2.34. The highest BCUT2D eigenvalue weighted by Gasteiger charge is 2.12. The Balaban J connectivity index is 2.68. The minimum Gasteiger partial charge on any atom is -0.493 e. The molecule has 5 nitrogen and oxygen atoms in total. The third kappa shape index (κ3) is 2.36. The summed E-state index contributed by atoms with van der Waals surface area (Å²) in [6.07, 6.45) is 0. The molecule has 1 heterocycles. The Morgan fingerprint density at radius 1 is 1.28 bits per heavy atom. The van der Waals surface area contributed by atoms with E-state index in [0.29, 0.717) is 33.4 Å². The zero-order chi connectivity index (χ0) is 13.3. The van der Waals surface area contributed by atoms with Crippen molar-refractivity contribution in [2.24, 2.45) is 0 Å². The van der Waals surface area contributed by atoms with Crippen LogP contribution in [0.25, 0.3) is 10.9 Å². The number of hydrogen-bond acceptors (Lipinski definition) is 5. The van der Waals surface area contributed by atoms with Crippen molar-refractivity contribution in [1.82, 2.24) is 9.97 Å². The van der Waals surface area contributed by atoms with Crippen LogP contribution in [-0.4, -0.2) is 23.0 Å². The van der Waals surface area contributed by atoms with Crippen LogP contribution >= 0.6 is 11.6 Å². The Labute approximate surface area is 109 Å². The molecule has 18 heavy (non-hydrogen) atoms. The van der Waals surface area contributed by atoms with Crippen molar-refractivity contribution >= 4 is 28.5 Å². The van der Waals surface area contributed by atoms with E-state index >= 15 is 0 Å². The molecule has 0 saturated carbocycles. The Bertz CT molecular complexity index is 628. The molecule has 0 aliphatic heterocycles. The van der Waals surface area contributed by atoms with Crippen molar-refractivity contribution in [3.8, 4) is 11.5 Å². The average molecular weight is 267 g/mol. The molecule has 2 rings (SSSR count). The second kappa shape index (κ2) is 4.78. The molecule has 1 aromatic carbocycles. The number of nitrogens with zero attached hydrogens (tertiary/aromatic N) is 2. The van der Waals surface area contributed by atoms with Gasteiger partial charge in [0.25, 0.3) is 0 Å². The monoisotopic (exact) mass is 266 g/mol. The smallest absolute Gasteiger partial charge is 0.308 e. The topological polar surface area (TPSA) is 61.3 Å². The molecule has 0 unspecified atom stereocenters. The van der Waals surface area contributed by atoms with Crippen LogP contribution in [-0.2, 0) is 4.79 Å². The van der Waals surface area contributed by atoms with Gasteiger partial charge in [0, 0.05) is 18.4 Å². The number of fused-ring (bicyclic) bond motifs is 1. The van der Waals surface area contributed by atoms with Crippen LogP contribution in [0, 0.1) is 6.92 Å². The van der Waals surface area contributed by atoms with Gasteiger partial charge in [-0.25, -0.2) is 9.97 Å². The molecular weight excluding hydrogens is 256 g/mol. The van der Waals surface area contributed by atoms with Crippen LogP contribution in [0.15, 0.2) is 12.1 Å². The van der Waals surface area contributed by atoms with Gasteiger partial charge in [-0.15, -0.1) is 0 Å². The maximum Gasteiger partial charge on any atom is 0.308 e. The Hall–Kier alpha value is -1.88. The minimum atomic E-state index is -0.434. The molecule has 0 aliphatic rings. The van der Waals surface area contributed by atoms with Crippen molar-refractivity contribution in [3.63, 3.8) is 0 Å². The Kier molecular flexibility index (Phi) is 3.34. The largest absolute Gasteiger partial charge is 0.493 e. The lowest BCUT2D eigenvalue weighted by Crippen LogP contribution is -2.03. The first-order chi connectivity index (χ1) is 8.51. The Morgan fingerprint density at radius 2 is 2.00 bits per heavy atom. The molecule has 0 radical (unpaired) electrons. The molecule has 0 N–H and O–H groups in total. The SMILES string of the molecule is COc1cc2nc(C)nc(Cl)c2cc1OC(C)=O. The zero-order valence-corrected chi connectivity index (χ0v) is 10.9. The highest BCUT2D eigenvalue weighted by atomic mass is 35.5. The molecule has 1 aromatic heterocycles. The quantitative estimate of drug-likeness (QED) is 0.475. The molecule has 94 valence electrons. The standard InChI is InChI=1S/C12H11ClN2O3/c1-6-14-9-5-10(17-3)11(18-7(2)16)4-8(9)12(13)15-6/h4-5H,1-3H3. The average Bonchev–Trinajstić information content (AvgIpc) is 2.28. The van der Waals surface area contributed by atoms with Crippen molar-refractivity contribution in [1.29, 1.82) is 0 Å². The van der Waals surface area contributed by atoms with Gasteiger partial charge in [-0.1, -0.05) is 11.6 Å². The lowest BCUT2D eigenvalue weighted by Gasteiger charge is -2.10. The van der Waals surface area contributed by atoms with E-state index in [9.17, 15) is 4.79 Å². The van der Waals surface area contributed by atoms with E-state index in [1.54, 1.807) is 19.1 Å². The first-order valence-corrected chi connectivity index (χ1v) is 5.59. The summed E-state index contributed by atoms with van der Waals surface area (Å²) in [4.78, 5) is 19.3. The van der Waals surface area contributed by atoms with E-state index in [2.05, 4.69) is 9.97 Å². The third-order valence-electron chi connectivity index (χ3n) is 2.30. The normalized spacial score (nSPS) is 10.4. The summed E-state index contributed by atoms with van der Waals surface area (Å²) in [6.45, 7) is 3.06. The van der Waals surface area contributed by atoms with Crippen LogP contribution in [0.3, 0.4) is 0 Å². The van der Waals surface area contributed by atoms with Gasteiger partial charge in [0.05, 0.1) is 12.6 Å². The van der Waals surface area contributed by atoms with Gasteiger partial charge in [0.2, 0.25) is 0 Å². The number of halogens is 1. The summed E-state index contributed by atoms with van der Waals surface area (Å²) in [5.74, 6) is 0.852. The van der Waals surface area contributed by atoms with Gasteiger partial charge >= 0.3 is 5.97 Å². The second-order valence-corrected chi connectivity index (χ2v) is 4.03. The molecule has 0 atom stereocenters. The van der Waals surface area contributed by atoms with E-state index in [1.165, 1.54) is 14.0 Å². The van der Waals surface area contributed by atoms with Gasteiger partial charge in [-0.3, -0.25) is 4.79 Å². The first kappa shape index (κ1) is 12.6. The molecule has 2 aromatic rings. The number of carbonyl (C=O) groups excluding carboxylic acids is 1. The lowest BCUT2D eigenvalue weighted by molar-refractivity contribution is -0.131. The van der Waals surface area contributed by atoms with Gasteiger partial charge < -0.3 is 9.47 Å². The number of aromatic nitrogens is 2. The predicted octanol–water partition coefficient (Wildman–Crippen LogP) is 2.53. The van der Waals surface area contributed by atoms with Crippen molar-refractivity contribution in [2.75, 3.05) is 7.11 Å². The first-order valence-electron chi connectivity index (χ1n) is 5.21. The fourth-order valence-corrected chi connectivity index (χ4v) is 1.88. The van der Waals surface area contributed by atoms with E-state index in [1.807, 2.05) is 0 Å². The number of esters is 1. The molecule has 6 heteroatoms. The van der Waals surface area contributed by atoms with Gasteiger partial charge in [-0.2, -0.15) is 0 Å². The summed E-state index contributed by atoms with van der Waals surface area (Å²) < 4.78 is 10.2. The van der Waals surface area contributed by atoms with Gasteiger partial charge in [-0.05, 0) is 13.0 Å². The number of aryl methyl sites for hydroxylation is 1. The number of hydrogen-bond donors (Lipinski definition) is 0. The predicted molar refractivity (Wildman–Crippen MR) is 67.1 cm³/mol. The molecule has 0 fully saturated rings. The lowest BCUT2D eigenvalue weighted by atomic mass is 10.2. The fraction of sp³-hybridized carbons (Fsp3) is 0.250. The van der Waals surface area contributed by atoms with Crippen LogP contribution in [0.5, 0.6) is 11.5 Å². The summed E-state index contributed by atoms with van der Waals surface area (Å²) in [5.41, 5.74) is 0.639. The van der Waals surface area contributed by atoms with Crippen LogP contribution in [0.4, 0.5) is 0 Å². The van der Waals surface area contributed by atoms with E-state index < -0.39 is 5.97 Å². The fourth-order valence-electron chi connectivity index (χ4n) is 1.60. The number of methoxy groups -OCH3 is 1. The molecule has 0 aliphatic carbocycles. The summed E-state index contributed by atoms with van der Waals surface area (Å²) >= 11 is 6.03. The van der Waals surface area contributed by atoms with Crippen molar-refractivity contribution in [3.05, 3.63) is 23.1 Å². The third-order valence-corrected chi connectivity index (χ3v) is 2.59. The molecule has 0 spiro atoms. The zero-order valence-electron chi connectivity index (χ0n) is 10.2. The molecule has 0 saturated heterocycles. The molecule has 0 amide bonds. The summed E-state index contributed by atoms with van der Waals surface area (Å²) in [7, 11) is 1.49. The van der Waals surface area contributed by atoms with E-state index in [-0.39, 0.29) is 0 Å². The van der Waals surface area contributed by atoms with Crippen LogP contribution in [0.1, 0.15) is 12.7 Å². The second-order valence-electron chi connectivity index (χ2n) is 3.68. The number of ether oxygens (including phenoxy) is 2. The number of rotatable bonds is 2. The highest BCUT2D eigenvalue weighted by molar-refractivity contribution is 6.34. The minimum absolute atomic E-state index is 0.298. The van der Waals surface area contributed by atoms with Crippen molar-refractivity contribution in [2.45, 2.75) is 13.8 Å². The van der Waals surface area contributed by atoms with E-state index in [4.69, 9.17) is 21.1 Å². The number of carbonyl (C=O) groups is 1. The molecular formula is C12H11ClN2O3. The van der Waals surface area contributed by atoms with Crippen LogP contribution < -0.4 is 9.47 Å². The summed E-state index contributed by atoms with van der Waals surface area (Å²) in [5, 5.41) is 0.924. The van der Waals surface area contributed by atoms with Gasteiger partial charge in [0.1, 0.15) is 11.0 Å². The Morgan fingerprint density at radius 3 is 2.61 bits per heavy atom. The van der Waals surface area contributed by atoms with Crippen molar-refractivity contribution < 1.29 is 14.3 Å². The maximum atomic E-state index is 11.0. The van der Waals surface area contributed by atoms with Crippen LogP contribution in [0.2, 0.25) is 5.15 Å². The van der Waals surface area contributed by atoms with Gasteiger partial charge in [0.15, 0.2) is 11.5 Å². The summed E-state index contributed by atoms with van der Waals surface area (Å²) in [6, 6.07) is 3.26.